The minimum atomic E-state index is -3.90. The first kappa shape index (κ1) is 16.1. The van der Waals surface area contributed by atoms with E-state index < -0.39 is 10.0 Å². The Hall–Kier alpha value is -1.26. The summed E-state index contributed by atoms with van der Waals surface area (Å²) in [5.74, 6) is 0. The van der Waals surface area contributed by atoms with Crippen molar-refractivity contribution in [2.75, 3.05) is 4.72 Å². The normalized spacial score (nSPS) is 11.0. The van der Waals surface area contributed by atoms with Crippen molar-refractivity contribution in [2.24, 2.45) is 0 Å². The Kier molecular flexibility index (Phi) is 4.79. The predicted octanol–water partition coefficient (Wildman–Crippen LogP) is 4.43. The third-order valence-electron chi connectivity index (χ3n) is 2.49. The Labute approximate surface area is 140 Å². The second-order valence-electron chi connectivity index (χ2n) is 4.01. The zero-order valence-corrected chi connectivity index (χ0v) is 14.2. The van der Waals surface area contributed by atoms with Gasteiger partial charge in [-0.1, -0.05) is 39.1 Å². The van der Waals surface area contributed by atoms with Gasteiger partial charge in [-0.15, -0.1) is 0 Å². The number of hydrogen-bond donors (Lipinski definition) is 1. The van der Waals surface area contributed by atoms with Crippen molar-refractivity contribution in [1.82, 2.24) is 0 Å². The van der Waals surface area contributed by atoms with Gasteiger partial charge in [-0.2, -0.15) is 5.26 Å². The molecule has 0 heterocycles. The van der Waals surface area contributed by atoms with Crippen molar-refractivity contribution < 1.29 is 8.42 Å². The second-order valence-corrected chi connectivity index (χ2v) is 7.48. The zero-order chi connectivity index (χ0) is 15.6. The van der Waals surface area contributed by atoms with Gasteiger partial charge in [0.25, 0.3) is 10.0 Å². The van der Waals surface area contributed by atoms with Crippen LogP contribution in [0, 0.1) is 11.3 Å². The lowest BCUT2D eigenvalue weighted by Gasteiger charge is -2.10. The average Bonchev–Trinajstić information content (AvgIpc) is 2.37. The van der Waals surface area contributed by atoms with E-state index in [1.165, 1.54) is 30.3 Å². The van der Waals surface area contributed by atoms with Gasteiger partial charge in [0.05, 0.1) is 16.1 Å². The molecule has 0 fully saturated rings. The van der Waals surface area contributed by atoms with E-state index in [0.717, 1.165) is 0 Å². The van der Waals surface area contributed by atoms with E-state index in [9.17, 15) is 8.42 Å². The van der Waals surface area contributed by atoms with Gasteiger partial charge in [0.1, 0.15) is 6.07 Å². The molecule has 0 bridgehead atoms. The lowest BCUT2D eigenvalue weighted by atomic mass is 10.2. The van der Waals surface area contributed by atoms with E-state index in [1.807, 2.05) is 6.07 Å². The Balaban J connectivity index is 2.47. The Bertz CT molecular complexity index is 827. The number of halogens is 3. The molecule has 0 amide bonds. The van der Waals surface area contributed by atoms with Gasteiger partial charge in [0.15, 0.2) is 0 Å². The molecule has 0 aliphatic rings. The monoisotopic (exact) mass is 404 g/mol. The molecule has 4 nitrogen and oxygen atoms in total. The summed E-state index contributed by atoms with van der Waals surface area (Å²) in [6, 6.07) is 10.6. The molecule has 0 aliphatic carbocycles. The molecule has 0 unspecified atom stereocenters. The Morgan fingerprint density at radius 3 is 2.29 bits per heavy atom. The fourth-order valence-corrected chi connectivity index (χ4v) is 3.74. The maximum atomic E-state index is 12.3. The number of sulfonamides is 1. The fraction of sp³-hybridized carbons (Fsp3) is 0. The summed E-state index contributed by atoms with van der Waals surface area (Å²) in [6.45, 7) is 0. The van der Waals surface area contributed by atoms with Crippen LogP contribution >= 0.6 is 39.1 Å². The van der Waals surface area contributed by atoms with E-state index in [2.05, 4.69) is 20.7 Å². The van der Waals surface area contributed by atoms with E-state index >= 15 is 0 Å². The molecule has 0 aliphatic heterocycles. The van der Waals surface area contributed by atoms with Crippen LogP contribution in [0.3, 0.4) is 0 Å². The number of nitriles is 1. The Morgan fingerprint density at radius 2 is 1.71 bits per heavy atom. The van der Waals surface area contributed by atoms with Crippen LogP contribution in [0.4, 0.5) is 5.69 Å². The highest BCUT2D eigenvalue weighted by Gasteiger charge is 2.17. The number of hydrogen-bond acceptors (Lipinski definition) is 3. The summed E-state index contributed by atoms with van der Waals surface area (Å²) in [6.07, 6.45) is 0. The second kappa shape index (κ2) is 6.24. The zero-order valence-electron chi connectivity index (χ0n) is 10.3. The van der Waals surface area contributed by atoms with Crippen LogP contribution in [0.15, 0.2) is 45.8 Å². The van der Waals surface area contributed by atoms with Gasteiger partial charge < -0.3 is 0 Å². The summed E-state index contributed by atoms with van der Waals surface area (Å²) in [4.78, 5) is -0.0798. The molecule has 2 aromatic carbocycles. The van der Waals surface area contributed by atoms with Gasteiger partial charge in [-0.25, -0.2) is 8.42 Å². The van der Waals surface area contributed by atoms with Crippen LogP contribution < -0.4 is 4.72 Å². The summed E-state index contributed by atoms with van der Waals surface area (Å²) in [7, 11) is -3.90. The smallest absolute Gasteiger partial charge is 0.262 e. The van der Waals surface area contributed by atoms with E-state index in [-0.39, 0.29) is 26.2 Å². The van der Waals surface area contributed by atoms with Crippen LogP contribution in [0.2, 0.25) is 10.0 Å². The summed E-state index contributed by atoms with van der Waals surface area (Å²) < 4.78 is 27.7. The largest absolute Gasteiger partial charge is 0.278 e. The van der Waals surface area contributed by atoms with Crippen LogP contribution in [0.5, 0.6) is 0 Å². The van der Waals surface area contributed by atoms with Gasteiger partial charge in [-0.05, 0) is 36.4 Å². The number of rotatable bonds is 3. The molecular weight excluding hydrogens is 399 g/mol. The highest BCUT2D eigenvalue weighted by Crippen LogP contribution is 2.26. The van der Waals surface area contributed by atoms with Crippen LogP contribution in [-0.2, 0) is 10.0 Å². The molecule has 8 heteroatoms. The fourth-order valence-electron chi connectivity index (χ4n) is 1.59. The minimum Gasteiger partial charge on any atom is -0.278 e. The Morgan fingerprint density at radius 1 is 1.10 bits per heavy atom. The number of anilines is 1. The molecule has 0 spiro atoms. The first-order valence-corrected chi connectivity index (χ1v) is 8.53. The molecule has 0 saturated heterocycles. The molecule has 0 aromatic heterocycles. The molecule has 21 heavy (non-hydrogen) atoms. The van der Waals surface area contributed by atoms with Gasteiger partial charge in [0.2, 0.25) is 0 Å². The first-order chi connectivity index (χ1) is 9.81. The van der Waals surface area contributed by atoms with Crippen molar-refractivity contribution in [2.45, 2.75) is 4.90 Å². The first-order valence-electron chi connectivity index (χ1n) is 5.50. The maximum Gasteiger partial charge on any atom is 0.262 e. The standard InChI is InChI=1S/C13H7BrCl2N2O2S/c14-9-2-1-8(7-17)13(3-9)18-21(19,20)12-5-10(15)4-11(16)6-12/h1-6,18H. The molecule has 108 valence electrons. The number of nitrogens with one attached hydrogen (secondary N) is 1. The van der Waals surface area contributed by atoms with Crippen LogP contribution in [0.25, 0.3) is 0 Å². The number of benzene rings is 2. The van der Waals surface area contributed by atoms with Crippen LogP contribution in [-0.4, -0.2) is 8.42 Å². The summed E-state index contributed by atoms with van der Waals surface area (Å²) >= 11 is 14.8. The SMILES string of the molecule is N#Cc1ccc(Br)cc1NS(=O)(=O)c1cc(Cl)cc(Cl)c1. The van der Waals surface area contributed by atoms with Crippen molar-refractivity contribution in [1.29, 1.82) is 5.26 Å². The van der Waals surface area contributed by atoms with Gasteiger partial charge in [-0.3, -0.25) is 4.72 Å². The van der Waals surface area contributed by atoms with Crippen molar-refractivity contribution >= 4 is 54.8 Å². The van der Waals surface area contributed by atoms with Crippen molar-refractivity contribution in [3.63, 3.8) is 0 Å². The average molecular weight is 406 g/mol. The molecule has 1 N–H and O–H groups in total. The topological polar surface area (TPSA) is 70.0 Å². The highest BCUT2D eigenvalue weighted by atomic mass is 79.9. The van der Waals surface area contributed by atoms with E-state index in [1.54, 1.807) is 6.07 Å². The van der Waals surface area contributed by atoms with Crippen molar-refractivity contribution in [3.05, 3.63) is 56.5 Å². The molecule has 0 saturated carbocycles. The quantitative estimate of drug-likeness (QED) is 0.820. The minimum absolute atomic E-state index is 0.0798. The van der Waals surface area contributed by atoms with Crippen LogP contribution in [0.1, 0.15) is 5.56 Å². The third-order valence-corrected chi connectivity index (χ3v) is 4.77. The molecular formula is C13H7BrCl2N2O2S. The molecule has 2 aromatic rings. The van der Waals surface area contributed by atoms with Crippen molar-refractivity contribution in [3.8, 4) is 6.07 Å². The number of nitrogens with zero attached hydrogens (tertiary/aromatic N) is 1. The summed E-state index contributed by atoms with van der Waals surface area (Å²) in [5, 5.41) is 9.43. The summed E-state index contributed by atoms with van der Waals surface area (Å²) in [5.41, 5.74) is 0.373. The highest BCUT2D eigenvalue weighted by molar-refractivity contribution is 9.10. The van der Waals surface area contributed by atoms with E-state index in [0.29, 0.717) is 4.47 Å². The molecule has 0 radical (unpaired) electrons. The lowest BCUT2D eigenvalue weighted by molar-refractivity contribution is 0.601. The lowest BCUT2D eigenvalue weighted by Crippen LogP contribution is -2.14. The maximum absolute atomic E-state index is 12.3. The third kappa shape index (κ3) is 3.89. The van der Waals surface area contributed by atoms with Gasteiger partial charge >= 0.3 is 0 Å². The van der Waals surface area contributed by atoms with Gasteiger partial charge in [0, 0.05) is 14.5 Å². The molecule has 0 atom stereocenters. The van der Waals surface area contributed by atoms with E-state index in [4.69, 9.17) is 28.5 Å². The molecule has 2 rings (SSSR count). The predicted molar refractivity (Wildman–Crippen MR) is 86.1 cm³/mol.